The van der Waals surface area contributed by atoms with Crippen LogP contribution in [0, 0.1) is 27.9 Å². The number of oxime groups is 1. The summed E-state index contributed by atoms with van der Waals surface area (Å²) in [5.41, 5.74) is 4.01. The maximum absolute atomic E-state index is 14.6. The molecule has 3 aliphatic rings. The average molecular weight is 956 g/mol. The summed E-state index contributed by atoms with van der Waals surface area (Å²) in [6.45, 7) is 4.97. The van der Waals surface area contributed by atoms with Crippen molar-refractivity contribution in [1.29, 1.82) is 0 Å². The van der Waals surface area contributed by atoms with Crippen LogP contribution in [-0.4, -0.2) is 83.0 Å². The zero-order chi connectivity index (χ0) is 48.2. The van der Waals surface area contributed by atoms with Crippen LogP contribution in [0.5, 0.6) is 11.5 Å². The third kappa shape index (κ3) is 11.2. The largest absolute Gasteiger partial charge is 0.493 e. The Bertz CT molecular complexity index is 2600. The van der Waals surface area contributed by atoms with Crippen molar-refractivity contribution < 1.29 is 43.7 Å². The van der Waals surface area contributed by atoms with Crippen molar-refractivity contribution in [2.45, 2.75) is 80.7 Å². The Morgan fingerprint density at radius 2 is 1.71 bits per heavy atom. The molecule has 0 spiro atoms. The molecule has 8 rings (SSSR count). The Kier molecular flexibility index (Phi) is 16.7. The molecule has 1 aliphatic heterocycles. The molecule has 6 atom stereocenters. The Labute approximate surface area is 407 Å². The maximum Gasteiger partial charge on any atom is 0.410 e. The fourth-order valence-corrected chi connectivity index (χ4v) is 11.3. The van der Waals surface area contributed by atoms with Gasteiger partial charge in [-0.25, -0.2) is 4.79 Å². The van der Waals surface area contributed by atoms with E-state index < -0.39 is 28.8 Å². The molecule has 1 saturated carbocycles. The van der Waals surface area contributed by atoms with Crippen LogP contribution in [0.25, 0.3) is 10.8 Å². The van der Waals surface area contributed by atoms with Gasteiger partial charge in [0.15, 0.2) is 0 Å². The highest BCUT2D eigenvalue weighted by Gasteiger charge is 2.65. The summed E-state index contributed by atoms with van der Waals surface area (Å²) >= 11 is 1.73. The summed E-state index contributed by atoms with van der Waals surface area (Å²) in [4.78, 5) is 34.7. The molecule has 1 amide bonds. The molecule has 0 aromatic heterocycles. The van der Waals surface area contributed by atoms with Gasteiger partial charge in [-0.05, 0) is 107 Å². The Hall–Kier alpha value is -6.19. The number of nitro groups is 1. The number of hydrogen-bond acceptors (Lipinski definition) is 12. The predicted molar refractivity (Wildman–Crippen MR) is 267 cm³/mol. The molecule has 0 saturated heterocycles. The number of rotatable bonds is 23. The van der Waals surface area contributed by atoms with E-state index in [1.165, 1.54) is 19.2 Å². The number of non-ortho nitro benzene ring substituents is 1. The van der Waals surface area contributed by atoms with Crippen molar-refractivity contribution in [2.75, 3.05) is 39.3 Å². The normalized spacial score (nSPS) is 21.9. The number of amides is 1. The molecular formula is C55H61N3O10S. The lowest BCUT2D eigenvalue weighted by Crippen LogP contribution is -2.70. The molecule has 0 bridgehead atoms. The van der Waals surface area contributed by atoms with Gasteiger partial charge in [0.1, 0.15) is 24.1 Å². The summed E-state index contributed by atoms with van der Waals surface area (Å²) in [5, 5.41) is 38.4. The predicted octanol–water partition coefficient (Wildman–Crippen LogP) is 11.0. The minimum Gasteiger partial charge on any atom is -0.493 e. The molecule has 6 unspecified atom stereocenters. The van der Waals surface area contributed by atoms with Crippen LogP contribution in [-0.2, 0) is 27.5 Å². The summed E-state index contributed by atoms with van der Waals surface area (Å²) in [5.74, 6) is -0.240. The molecule has 2 N–H and O–H groups in total. The summed E-state index contributed by atoms with van der Waals surface area (Å²) in [6.07, 6.45) is 7.95. The van der Waals surface area contributed by atoms with Gasteiger partial charge in [-0.2, -0.15) is 0 Å². The van der Waals surface area contributed by atoms with Gasteiger partial charge in [-0.1, -0.05) is 90.8 Å². The van der Waals surface area contributed by atoms with Crippen LogP contribution in [0.1, 0.15) is 67.6 Å². The van der Waals surface area contributed by atoms with Gasteiger partial charge in [-0.15, -0.1) is 18.3 Å². The highest BCUT2D eigenvalue weighted by molar-refractivity contribution is 7.99. The lowest BCUT2D eigenvalue weighted by Gasteiger charge is -2.59. The SMILES string of the molecule is C=CCOC12Oc3ccc(OCCSc4ccccc4)cc3C3C(CCCCO)C(CCCCO)C=C(C(=NOCc4ccc([N+](=O)[O-])cc4)CC1N(Cc1cccc4ccccc14)C(=O)OC)C32. The number of aliphatic hydroxyl groups is 2. The summed E-state index contributed by atoms with van der Waals surface area (Å²) in [6, 6.07) is 35.6. The van der Waals surface area contributed by atoms with E-state index in [0.29, 0.717) is 42.2 Å². The summed E-state index contributed by atoms with van der Waals surface area (Å²) in [7, 11) is 1.38. The summed E-state index contributed by atoms with van der Waals surface area (Å²) < 4.78 is 26.7. The molecule has 1 heterocycles. The molecule has 0 radical (unpaired) electrons. The standard InChI is InChI=1S/C55H61N3O10S/c1-3-30-66-55-51(57(54(61)64-2)36-41-17-13-16-39-14-7-8-20-45(39)41)35-49(56-67-37-38-22-24-42(25-23-38)58(62)63)47-33-40(15-9-11-28-59)46(21-10-12-29-60)52(53(47)55)48-34-43(26-27-50(48)68-55)65-31-32-69-44-18-5-4-6-19-44/h3-8,13-14,16-20,22-27,33-34,40,46,51-53,59-60H,1,9-12,15,21,28-32,35-37H2,2H3. The average Bonchev–Trinajstić information content (AvgIpc) is 3.38. The van der Waals surface area contributed by atoms with Crippen molar-refractivity contribution in [3.63, 3.8) is 0 Å². The number of nitro benzene ring substituents is 1. The smallest absolute Gasteiger partial charge is 0.410 e. The number of ether oxygens (including phenoxy) is 4. The molecule has 5 aromatic carbocycles. The van der Waals surface area contributed by atoms with E-state index in [1.807, 2.05) is 72.8 Å². The molecule has 2 aliphatic carbocycles. The van der Waals surface area contributed by atoms with Crippen molar-refractivity contribution in [3.8, 4) is 11.5 Å². The number of hydrogen-bond donors (Lipinski definition) is 2. The second kappa shape index (κ2) is 23.4. The molecule has 14 heteroatoms. The van der Waals surface area contributed by atoms with E-state index in [-0.39, 0.29) is 62.8 Å². The number of fused-ring (bicyclic) bond motifs is 3. The van der Waals surface area contributed by atoms with E-state index in [4.69, 9.17) is 28.9 Å². The molecule has 1 fully saturated rings. The third-order valence-electron chi connectivity index (χ3n) is 13.6. The Morgan fingerprint density at radius 3 is 2.46 bits per heavy atom. The van der Waals surface area contributed by atoms with Crippen molar-refractivity contribution in [3.05, 3.63) is 166 Å². The van der Waals surface area contributed by atoms with Gasteiger partial charge in [0.05, 0.1) is 43.4 Å². The maximum atomic E-state index is 14.6. The molecule has 13 nitrogen and oxygen atoms in total. The lowest BCUT2D eigenvalue weighted by molar-refractivity contribution is -0.384. The number of benzene rings is 5. The Balaban J connectivity index is 1.29. The Morgan fingerprint density at radius 1 is 0.957 bits per heavy atom. The highest BCUT2D eigenvalue weighted by atomic mass is 32.2. The first-order valence-corrected chi connectivity index (χ1v) is 24.8. The molecular weight excluding hydrogens is 895 g/mol. The van der Waals surface area contributed by atoms with Gasteiger partial charge in [-0.3, -0.25) is 15.0 Å². The van der Waals surface area contributed by atoms with Gasteiger partial charge in [0.2, 0.25) is 5.79 Å². The number of allylic oxidation sites excluding steroid dienone is 1. The van der Waals surface area contributed by atoms with Gasteiger partial charge in [0, 0.05) is 53.9 Å². The van der Waals surface area contributed by atoms with Crippen LogP contribution in [0.2, 0.25) is 0 Å². The number of unbranched alkanes of at least 4 members (excludes halogenated alkanes) is 2. The van der Waals surface area contributed by atoms with Gasteiger partial charge >= 0.3 is 6.09 Å². The van der Waals surface area contributed by atoms with Crippen molar-refractivity contribution in [2.24, 2.45) is 22.9 Å². The van der Waals surface area contributed by atoms with Crippen LogP contribution in [0.3, 0.4) is 0 Å². The van der Waals surface area contributed by atoms with Crippen LogP contribution in [0.4, 0.5) is 10.5 Å². The minimum atomic E-state index is -1.51. The quantitative estimate of drug-likeness (QED) is 0.0211. The fraction of sp³-hybridized carbons (Fsp3) is 0.382. The van der Waals surface area contributed by atoms with E-state index in [0.717, 1.165) is 63.8 Å². The first-order valence-electron chi connectivity index (χ1n) is 23.8. The minimum absolute atomic E-state index is 0.00732. The number of aliphatic hydroxyl groups excluding tert-OH is 2. The van der Waals surface area contributed by atoms with Crippen molar-refractivity contribution in [1.82, 2.24) is 4.90 Å². The number of nitrogens with zero attached hydrogens (tertiary/aromatic N) is 3. The van der Waals surface area contributed by atoms with E-state index >= 15 is 0 Å². The van der Waals surface area contributed by atoms with E-state index in [2.05, 4.69) is 30.9 Å². The first kappa shape index (κ1) is 49.2. The number of thioether (sulfide) groups is 1. The second-order valence-electron chi connectivity index (χ2n) is 17.7. The lowest BCUT2D eigenvalue weighted by atomic mass is 9.55. The molecule has 5 aromatic rings. The van der Waals surface area contributed by atoms with Gasteiger partial charge < -0.3 is 34.0 Å². The van der Waals surface area contributed by atoms with Gasteiger partial charge in [0.25, 0.3) is 5.69 Å². The third-order valence-corrected chi connectivity index (χ3v) is 14.5. The highest BCUT2D eigenvalue weighted by Crippen LogP contribution is 2.62. The molecule has 69 heavy (non-hydrogen) atoms. The van der Waals surface area contributed by atoms with Crippen molar-refractivity contribution >= 4 is 40.0 Å². The number of carbonyl (C=O) groups excluding carboxylic acids is 1. The zero-order valence-corrected chi connectivity index (χ0v) is 39.8. The molecule has 362 valence electrons. The second-order valence-corrected chi connectivity index (χ2v) is 18.9. The van der Waals surface area contributed by atoms with E-state index in [1.54, 1.807) is 34.9 Å². The van der Waals surface area contributed by atoms with Crippen LogP contribution in [0.15, 0.2) is 150 Å². The topological polar surface area (TPSA) is 162 Å². The number of carbonyl (C=O) groups is 1. The monoisotopic (exact) mass is 955 g/mol. The van der Waals surface area contributed by atoms with E-state index in [9.17, 15) is 25.1 Å². The number of methoxy groups -OCH3 is 1. The first-order chi connectivity index (χ1) is 33.8. The van der Waals surface area contributed by atoms with Crippen LogP contribution >= 0.6 is 11.8 Å². The van der Waals surface area contributed by atoms with Crippen LogP contribution < -0.4 is 9.47 Å². The zero-order valence-electron chi connectivity index (χ0n) is 39.0. The fourth-order valence-electron chi connectivity index (χ4n) is 10.5.